The molecule has 3 aromatic heterocycles. The van der Waals surface area contributed by atoms with Crippen molar-refractivity contribution in [2.24, 2.45) is 7.05 Å². The predicted molar refractivity (Wildman–Crippen MR) is 145 cm³/mol. The smallest absolute Gasteiger partial charge is 0.433 e. The number of aliphatic hydroxyl groups is 1. The van der Waals surface area contributed by atoms with E-state index in [9.17, 15) is 32.3 Å². The molecular weight excluding hydrogens is 593 g/mol. The molecule has 1 saturated heterocycles. The Balaban J connectivity index is 0.000000345. The summed E-state index contributed by atoms with van der Waals surface area (Å²) in [6, 6.07) is 3.97. The van der Waals surface area contributed by atoms with Gasteiger partial charge in [0.1, 0.15) is 11.4 Å². The molecule has 1 fully saturated rings. The SMILES string of the molecule is CCc1cc(C(F)(F)F)n2nc(C3CCCN3C(=O)c3cc(C(C)C)nn3C)cc2n1.O=C(O)CC(O)(CC(=O)O)C(=O)O. The average Bonchev–Trinajstić information content (AvgIpc) is 3.64. The van der Waals surface area contributed by atoms with E-state index in [1.54, 1.807) is 35.7 Å². The summed E-state index contributed by atoms with van der Waals surface area (Å²) in [5.41, 5.74) is -1.40. The zero-order chi connectivity index (χ0) is 33.1. The van der Waals surface area contributed by atoms with Gasteiger partial charge in [0, 0.05) is 25.4 Å². The van der Waals surface area contributed by atoms with Crippen LogP contribution in [0.1, 0.15) is 91.7 Å². The van der Waals surface area contributed by atoms with Gasteiger partial charge in [-0.15, -0.1) is 0 Å². The molecule has 0 radical (unpaired) electrons. The van der Waals surface area contributed by atoms with Gasteiger partial charge >= 0.3 is 24.1 Å². The monoisotopic (exact) mass is 626 g/mol. The van der Waals surface area contributed by atoms with Gasteiger partial charge in [-0.2, -0.15) is 23.4 Å². The highest BCUT2D eigenvalue weighted by Crippen LogP contribution is 2.35. The fourth-order valence-corrected chi connectivity index (χ4v) is 4.74. The van der Waals surface area contributed by atoms with Gasteiger partial charge in [0.25, 0.3) is 5.91 Å². The Hall–Kier alpha value is -4.54. The molecular formula is C27H33F3N6O8. The summed E-state index contributed by atoms with van der Waals surface area (Å²) in [5, 5.41) is 42.5. The van der Waals surface area contributed by atoms with Crippen molar-refractivity contribution in [3.05, 3.63) is 46.7 Å². The third-order valence-electron chi connectivity index (χ3n) is 7.00. The largest absolute Gasteiger partial charge is 0.481 e. The maximum atomic E-state index is 13.6. The van der Waals surface area contributed by atoms with Crippen LogP contribution in [0.15, 0.2) is 18.2 Å². The maximum Gasteiger partial charge on any atom is 0.433 e. The topological polar surface area (TPSA) is 200 Å². The number of carboxylic acids is 3. The van der Waals surface area contributed by atoms with Crippen molar-refractivity contribution in [3.8, 4) is 0 Å². The number of halogens is 3. The summed E-state index contributed by atoms with van der Waals surface area (Å²) in [6.45, 7) is 6.27. The minimum Gasteiger partial charge on any atom is -0.481 e. The molecule has 0 aliphatic carbocycles. The molecule has 0 bridgehead atoms. The van der Waals surface area contributed by atoms with E-state index >= 15 is 0 Å². The normalized spacial score (nSPS) is 15.4. The van der Waals surface area contributed by atoms with Crippen molar-refractivity contribution < 1.29 is 52.8 Å². The number of likely N-dealkylation sites (tertiary alicyclic amines) is 1. The Morgan fingerprint density at radius 2 is 1.64 bits per heavy atom. The number of aryl methyl sites for hydroxylation is 2. The standard InChI is InChI=1S/C21H25F3N6O.C6H8O7/c1-5-13-9-18(21(22,23)24)30-19(25-13)11-15(27-30)16-7-6-8-29(16)20(31)17-10-14(12(2)3)26-28(17)4;7-3(8)1-6(13,5(11)12)2-4(9)10/h9-12,16H,5-8H2,1-4H3;13H,1-2H2,(H,7,8)(H,9,10)(H,11,12). The predicted octanol–water partition coefficient (Wildman–Crippen LogP) is 2.90. The molecule has 1 aliphatic heterocycles. The summed E-state index contributed by atoms with van der Waals surface area (Å²) in [6.07, 6.45) is -5.08. The molecule has 0 saturated carbocycles. The zero-order valence-corrected chi connectivity index (χ0v) is 24.4. The van der Waals surface area contributed by atoms with Crippen LogP contribution in [0.2, 0.25) is 0 Å². The second-order valence-corrected chi connectivity index (χ2v) is 10.7. The third-order valence-corrected chi connectivity index (χ3v) is 7.00. The van der Waals surface area contributed by atoms with Gasteiger partial charge in [0.15, 0.2) is 11.2 Å². The first-order chi connectivity index (χ1) is 20.4. The molecule has 1 amide bonds. The lowest BCUT2D eigenvalue weighted by Gasteiger charge is -2.23. The van der Waals surface area contributed by atoms with Crippen LogP contribution in [0.5, 0.6) is 0 Å². The summed E-state index contributed by atoms with van der Waals surface area (Å²) in [7, 11) is 1.72. The minimum atomic E-state index is -4.55. The van der Waals surface area contributed by atoms with Crippen LogP contribution in [-0.2, 0) is 34.0 Å². The van der Waals surface area contributed by atoms with Gasteiger partial charge in [-0.3, -0.25) is 19.1 Å². The van der Waals surface area contributed by atoms with E-state index in [4.69, 9.17) is 20.4 Å². The molecule has 3 aromatic rings. The number of carbonyl (C=O) groups excluding carboxylic acids is 1. The molecule has 240 valence electrons. The Kier molecular flexibility index (Phi) is 10.0. The molecule has 1 atom stereocenters. The molecule has 0 aromatic carbocycles. The van der Waals surface area contributed by atoms with Crippen LogP contribution in [0.4, 0.5) is 13.2 Å². The number of hydrogen-bond acceptors (Lipinski definition) is 8. The van der Waals surface area contributed by atoms with Crippen molar-refractivity contribution >= 4 is 29.5 Å². The lowest BCUT2D eigenvalue weighted by atomic mass is 9.96. The minimum absolute atomic E-state index is 0.142. The van der Waals surface area contributed by atoms with Crippen molar-refractivity contribution in [3.63, 3.8) is 0 Å². The van der Waals surface area contributed by atoms with E-state index in [2.05, 4.69) is 15.2 Å². The summed E-state index contributed by atoms with van der Waals surface area (Å²) >= 11 is 0. The van der Waals surface area contributed by atoms with Gasteiger partial charge in [0.05, 0.1) is 30.3 Å². The molecule has 17 heteroatoms. The molecule has 4 rings (SSSR count). The second-order valence-electron chi connectivity index (χ2n) is 10.7. The first-order valence-electron chi connectivity index (χ1n) is 13.6. The van der Waals surface area contributed by atoms with Crippen molar-refractivity contribution in [2.75, 3.05) is 6.54 Å². The van der Waals surface area contributed by atoms with E-state index in [1.165, 1.54) is 0 Å². The van der Waals surface area contributed by atoms with Crippen LogP contribution >= 0.6 is 0 Å². The summed E-state index contributed by atoms with van der Waals surface area (Å²) < 4.78 is 43.2. The van der Waals surface area contributed by atoms with Crippen LogP contribution in [0, 0.1) is 0 Å². The highest BCUT2D eigenvalue weighted by molar-refractivity contribution is 5.93. The van der Waals surface area contributed by atoms with Crippen LogP contribution < -0.4 is 0 Å². The number of hydrogen-bond donors (Lipinski definition) is 4. The summed E-state index contributed by atoms with van der Waals surface area (Å²) in [5.74, 6) is -5.03. The van der Waals surface area contributed by atoms with Crippen LogP contribution in [0.25, 0.3) is 5.65 Å². The zero-order valence-electron chi connectivity index (χ0n) is 24.4. The molecule has 0 spiro atoms. The second kappa shape index (κ2) is 13.0. The number of fused-ring (bicyclic) bond motifs is 1. The Morgan fingerprint density at radius 1 is 1.02 bits per heavy atom. The first-order valence-corrected chi connectivity index (χ1v) is 13.6. The van der Waals surface area contributed by atoms with E-state index in [0.717, 1.165) is 22.7 Å². The van der Waals surface area contributed by atoms with E-state index in [1.807, 2.05) is 13.8 Å². The Labute approximate surface area is 248 Å². The molecule has 4 heterocycles. The van der Waals surface area contributed by atoms with Crippen molar-refractivity contribution in [1.29, 1.82) is 0 Å². The third kappa shape index (κ3) is 7.50. The maximum absolute atomic E-state index is 13.6. The average molecular weight is 627 g/mol. The number of rotatable bonds is 9. The lowest BCUT2D eigenvalue weighted by molar-refractivity contribution is -0.170. The van der Waals surface area contributed by atoms with E-state index in [0.29, 0.717) is 36.5 Å². The molecule has 1 aliphatic rings. The highest BCUT2D eigenvalue weighted by Gasteiger charge is 2.41. The molecule has 14 nitrogen and oxygen atoms in total. The lowest BCUT2D eigenvalue weighted by Crippen LogP contribution is -2.42. The van der Waals surface area contributed by atoms with Crippen molar-refractivity contribution in [1.82, 2.24) is 29.3 Å². The number of carbonyl (C=O) groups is 4. The summed E-state index contributed by atoms with van der Waals surface area (Å²) in [4.78, 5) is 49.7. The van der Waals surface area contributed by atoms with Gasteiger partial charge in [-0.05, 0) is 37.3 Å². The number of carboxylic acid groups (broad SMARTS) is 3. The van der Waals surface area contributed by atoms with Gasteiger partial charge in [0.2, 0.25) is 0 Å². The number of nitrogens with zero attached hydrogens (tertiary/aromatic N) is 6. The van der Waals surface area contributed by atoms with Gasteiger partial charge in [-0.1, -0.05) is 20.8 Å². The molecule has 44 heavy (non-hydrogen) atoms. The highest BCUT2D eigenvalue weighted by atomic mass is 19.4. The number of aliphatic carboxylic acids is 3. The van der Waals surface area contributed by atoms with E-state index < -0.39 is 54.3 Å². The fourth-order valence-electron chi connectivity index (χ4n) is 4.74. The number of amides is 1. The fraction of sp³-hybridized carbons (Fsp3) is 0.519. The first kappa shape index (κ1) is 34.0. The Bertz CT molecular complexity index is 1550. The van der Waals surface area contributed by atoms with Crippen LogP contribution in [-0.4, -0.2) is 85.7 Å². The number of alkyl halides is 3. The van der Waals surface area contributed by atoms with Crippen molar-refractivity contribution in [2.45, 2.75) is 76.6 Å². The number of aromatic nitrogens is 5. The quantitative estimate of drug-likeness (QED) is 0.272. The Morgan fingerprint density at radius 3 is 2.11 bits per heavy atom. The molecule has 4 N–H and O–H groups in total. The van der Waals surface area contributed by atoms with E-state index in [-0.39, 0.29) is 17.5 Å². The van der Waals surface area contributed by atoms with Gasteiger partial charge in [-0.25, -0.2) is 14.3 Å². The van der Waals surface area contributed by atoms with Crippen LogP contribution in [0.3, 0.4) is 0 Å². The van der Waals surface area contributed by atoms with Gasteiger partial charge < -0.3 is 25.3 Å². The molecule has 1 unspecified atom stereocenters.